The Bertz CT molecular complexity index is 158. The lowest BCUT2D eigenvalue weighted by Crippen LogP contribution is -2.32. The van der Waals surface area contributed by atoms with Crippen molar-refractivity contribution in [2.45, 2.75) is 25.8 Å². The standard InChI is InChI=1S/C8H15NO2/c1-3-7-6(8(10)11)4-5-9(7)2/h6-7H,3-5H2,1-2H3,(H,10,11)/t6-,7+/m0/s1. The van der Waals surface area contributed by atoms with Crippen molar-refractivity contribution in [1.29, 1.82) is 0 Å². The molecule has 0 unspecified atom stereocenters. The van der Waals surface area contributed by atoms with Crippen molar-refractivity contribution in [1.82, 2.24) is 4.90 Å². The van der Waals surface area contributed by atoms with Crippen molar-refractivity contribution in [2.75, 3.05) is 13.6 Å². The molecule has 0 saturated carbocycles. The van der Waals surface area contributed by atoms with Crippen LogP contribution in [-0.4, -0.2) is 35.6 Å². The van der Waals surface area contributed by atoms with E-state index in [1.165, 1.54) is 0 Å². The Morgan fingerprint density at radius 1 is 1.73 bits per heavy atom. The molecule has 11 heavy (non-hydrogen) atoms. The molecule has 64 valence electrons. The molecule has 2 atom stereocenters. The van der Waals surface area contributed by atoms with Gasteiger partial charge in [0.2, 0.25) is 0 Å². The van der Waals surface area contributed by atoms with Crippen molar-refractivity contribution < 1.29 is 9.90 Å². The first-order valence-electron chi connectivity index (χ1n) is 4.09. The Kier molecular flexibility index (Phi) is 2.49. The summed E-state index contributed by atoms with van der Waals surface area (Å²) in [4.78, 5) is 12.8. The lowest BCUT2D eigenvalue weighted by atomic mass is 9.99. The molecule has 1 N–H and O–H groups in total. The average Bonchev–Trinajstić information content (AvgIpc) is 2.30. The van der Waals surface area contributed by atoms with Gasteiger partial charge in [0.15, 0.2) is 0 Å². The van der Waals surface area contributed by atoms with Gasteiger partial charge in [-0.2, -0.15) is 0 Å². The van der Waals surface area contributed by atoms with Crippen molar-refractivity contribution in [3.63, 3.8) is 0 Å². The van der Waals surface area contributed by atoms with Crippen LogP contribution in [0.1, 0.15) is 19.8 Å². The van der Waals surface area contributed by atoms with Crippen LogP contribution in [0.4, 0.5) is 0 Å². The quantitative estimate of drug-likeness (QED) is 0.644. The molecule has 0 aromatic rings. The minimum absolute atomic E-state index is 0.134. The molecule has 0 aromatic heterocycles. The maximum Gasteiger partial charge on any atom is 0.308 e. The van der Waals surface area contributed by atoms with E-state index in [1.54, 1.807) is 0 Å². The summed E-state index contributed by atoms with van der Waals surface area (Å²) in [6.45, 7) is 2.97. The fourth-order valence-corrected chi connectivity index (χ4v) is 1.89. The van der Waals surface area contributed by atoms with Crippen molar-refractivity contribution in [3.8, 4) is 0 Å². The van der Waals surface area contributed by atoms with Crippen LogP contribution in [0.25, 0.3) is 0 Å². The smallest absolute Gasteiger partial charge is 0.308 e. The topological polar surface area (TPSA) is 40.5 Å². The number of nitrogens with zero attached hydrogens (tertiary/aromatic N) is 1. The first-order chi connectivity index (χ1) is 5.16. The van der Waals surface area contributed by atoms with Gasteiger partial charge in [-0.05, 0) is 26.4 Å². The molecule has 1 aliphatic heterocycles. The highest BCUT2D eigenvalue weighted by atomic mass is 16.4. The molecule has 0 bridgehead atoms. The van der Waals surface area contributed by atoms with Gasteiger partial charge >= 0.3 is 5.97 Å². The number of aliphatic carboxylic acids is 1. The summed E-state index contributed by atoms with van der Waals surface area (Å²) in [5.74, 6) is -0.772. The van der Waals surface area contributed by atoms with Gasteiger partial charge in [-0.3, -0.25) is 4.79 Å². The van der Waals surface area contributed by atoms with Gasteiger partial charge in [0.05, 0.1) is 5.92 Å². The molecule has 1 aliphatic rings. The Morgan fingerprint density at radius 3 is 2.73 bits per heavy atom. The lowest BCUT2D eigenvalue weighted by Gasteiger charge is -2.20. The third-order valence-corrected chi connectivity index (χ3v) is 2.56. The molecule has 0 aromatic carbocycles. The van der Waals surface area contributed by atoms with Crippen LogP contribution < -0.4 is 0 Å². The highest BCUT2D eigenvalue weighted by molar-refractivity contribution is 5.71. The van der Waals surface area contributed by atoms with Crippen LogP contribution in [0.2, 0.25) is 0 Å². The summed E-state index contributed by atoms with van der Waals surface area (Å²) >= 11 is 0. The van der Waals surface area contributed by atoms with Crippen LogP contribution in [0.5, 0.6) is 0 Å². The SMILES string of the molecule is CC[C@@H]1[C@@H](C(=O)O)CCN1C. The average molecular weight is 157 g/mol. The molecule has 0 spiro atoms. The van der Waals surface area contributed by atoms with Gasteiger partial charge in [-0.25, -0.2) is 0 Å². The summed E-state index contributed by atoms with van der Waals surface area (Å²) < 4.78 is 0. The molecule has 3 nitrogen and oxygen atoms in total. The van der Waals surface area contributed by atoms with Gasteiger partial charge in [0, 0.05) is 6.04 Å². The first kappa shape index (κ1) is 8.53. The van der Waals surface area contributed by atoms with E-state index in [4.69, 9.17) is 5.11 Å². The van der Waals surface area contributed by atoms with E-state index >= 15 is 0 Å². The van der Waals surface area contributed by atoms with Crippen molar-refractivity contribution >= 4 is 5.97 Å². The zero-order chi connectivity index (χ0) is 8.43. The maximum absolute atomic E-state index is 10.7. The van der Waals surface area contributed by atoms with Crippen LogP contribution in [-0.2, 0) is 4.79 Å². The minimum atomic E-state index is -0.638. The Morgan fingerprint density at radius 2 is 2.36 bits per heavy atom. The van der Waals surface area contributed by atoms with Crippen LogP contribution >= 0.6 is 0 Å². The number of carbonyl (C=O) groups is 1. The monoisotopic (exact) mass is 157 g/mol. The van der Waals surface area contributed by atoms with Crippen LogP contribution in [0.15, 0.2) is 0 Å². The first-order valence-corrected chi connectivity index (χ1v) is 4.09. The molecule has 1 rings (SSSR count). The number of rotatable bonds is 2. The van der Waals surface area contributed by atoms with E-state index in [-0.39, 0.29) is 12.0 Å². The zero-order valence-corrected chi connectivity index (χ0v) is 7.08. The van der Waals surface area contributed by atoms with E-state index in [2.05, 4.69) is 4.90 Å². The number of hydrogen-bond donors (Lipinski definition) is 1. The van der Waals surface area contributed by atoms with Crippen molar-refractivity contribution in [2.24, 2.45) is 5.92 Å². The minimum Gasteiger partial charge on any atom is -0.481 e. The van der Waals surface area contributed by atoms with E-state index in [0.717, 1.165) is 19.4 Å². The van der Waals surface area contributed by atoms with Gasteiger partial charge in [0.1, 0.15) is 0 Å². The normalized spacial score (nSPS) is 32.5. The molecule has 3 heteroatoms. The second kappa shape index (κ2) is 3.22. The van der Waals surface area contributed by atoms with E-state index < -0.39 is 5.97 Å². The molecule has 1 fully saturated rings. The summed E-state index contributed by atoms with van der Waals surface area (Å²) in [6.07, 6.45) is 1.75. The van der Waals surface area contributed by atoms with Gasteiger partial charge in [-0.1, -0.05) is 6.92 Å². The molecular formula is C8H15NO2. The van der Waals surface area contributed by atoms with Gasteiger partial charge in [0.25, 0.3) is 0 Å². The Balaban J connectivity index is 2.61. The number of likely N-dealkylation sites (tertiary alicyclic amines) is 1. The second-order valence-electron chi connectivity index (χ2n) is 3.19. The summed E-state index contributed by atoms with van der Waals surface area (Å²) in [6, 6.07) is 0.257. The van der Waals surface area contributed by atoms with E-state index in [1.807, 2.05) is 14.0 Å². The highest BCUT2D eigenvalue weighted by Crippen LogP contribution is 2.24. The maximum atomic E-state index is 10.7. The van der Waals surface area contributed by atoms with E-state index in [0.29, 0.717) is 0 Å². The van der Waals surface area contributed by atoms with Crippen LogP contribution in [0.3, 0.4) is 0 Å². The molecule has 0 amide bonds. The molecule has 1 saturated heterocycles. The zero-order valence-electron chi connectivity index (χ0n) is 7.08. The summed E-state index contributed by atoms with van der Waals surface area (Å²) in [7, 11) is 2.00. The highest BCUT2D eigenvalue weighted by Gasteiger charge is 2.35. The molecule has 0 aliphatic carbocycles. The van der Waals surface area contributed by atoms with Crippen LogP contribution in [0, 0.1) is 5.92 Å². The predicted octanol–water partition coefficient (Wildman–Crippen LogP) is 0.801. The fraction of sp³-hybridized carbons (Fsp3) is 0.875. The fourth-order valence-electron chi connectivity index (χ4n) is 1.89. The van der Waals surface area contributed by atoms with Gasteiger partial charge < -0.3 is 10.0 Å². The predicted molar refractivity (Wildman–Crippen MR) is 42.5 cm³/mol. The summed E-state index contributed by atoms with van der Waals surface area (Å²) in [5, 5.41) is 8.81. The number of carboxylic acid groups (broad SMARTS) is 1. The third kappa shape index (κ3) is 1.53. The molecule has 1 heterocycles. The molecule has 0 radical (unpaired) electrons. The molecular weight excluding hydrogens is 142 g/mol. The number of hydrogen-bond acceptors (Lipinski definition) is 2. The summed E-state index contributed by atoms with van der Waals surface area (Å²) in [5.41, 5.74) is 0. The Labute approximate surface area is 67.0 Å². The lowest BCUT2D eigenvalue weighted by molar-refractivity contribution is -0.142. The largest absolute Gasteiger partial charge is 0.481 e. The van der Waals surface area contributed by atoms with Crippen molar-refractivity contribution in [3.05, 3.63) is 0 Å². The van der Waals surface area contributed by atoms with Gasteiger partial charge in [-0.15, -0.1) is 0 Å². The second-order valence-corrected chi connectivity index (χ2v) is 3.19. The van der Waals surface area contributed by atoms with E-state index in [9.17, 15) is 4.79 Å². The number of carboxylic acids is 1. The third-order valence-electron chi connectivity index (χ3n) is 2.56. The Hall–Kier alpha value is -0.570.